The maximum Gasteiger partial charge on any atom is 0.416 e. The lowest BCUT2D eigenvalue weighted by molar-refractivity contribution is -0.137. The van der Waals surface area contributed by atoms with Crippen LogP contribution in [-0.2, 0) is 11.8 Å². The van der Waals surface area contributed by atoms with Crippen LogP contribution in [0.25, 0.3) is 0 Å². The molecular weight excluding hydrogens is 349 g/mol. The second kappa shape index (κ2) is 5.79. The van der Waals surface area contributed by atoms with Crippen molar-refractivity contribution in [3.05, 3.63) is 69.7 Å². The molecule has 0 aromatic heterocycles. The van der Waals surface area contributed by atoms with E-state index >= 15 is 0 Å². The molecule has 2 aromatic rings. The Bertz CT molecular complexity index is 626. The minimum absolute atomic E-state index is 0.0119. The van der Waals surface area contributed by atoms with E-state index in [1.807, 2.05) is 0 Å². The standard InChI is InChI=1S/C15H12BrF3O2/c16-13-6-4-10(5-7-13)14(21,9-20)11-2-1-3-12(8-11)15(17,18)19/h1-8,20-21H,9H2. The first kappa shape index (κ1) is 16.0. The third-order valence-corrected chi connectivity index (χ3v) is 3.75. The highest BCUT2D eigenvalue weighted by atomic mass is 79.9. The van der Waals surface area contributed by atoms with E-state index in [1.54, 1.807) is 24.3 Å². The van der Waals surface area contributed by atoms with Crippen LogP contribution < -0.4 is 0 Å². The van der Waals surface area contributed by atoms with Crippen LogP contribution in [-0.4, -0.2) is 16.8 Å². The smallest absolute Gasteiger partial charge is 0.393 e. The number of benzene rings is 2. The molecule has 2 aromatic carbocycles. The lowest BCUT2D eigenvalue weighted by Gasteiger charge is -2.27. The predicted octanol–water partition coefficient (Wildman–Crippen LogP) is 3.70. The van der Waals surface area contributed by atoms with Gasteiger partial charge in [0.1, 0.15) is 5.60 Å². The number of aliphatic hydroxyl groups excluding tert-OH is 1. The van der Waals surface area contributed by atoms with E-state index in [9.17, 15) is 23.4 Å². The molecule has 0 aliphatic rings. The van der Waals surface area contributed by atoms with Gasteiger partial charge in [0, 0.05) is 4.47 Å². The molecule has 112 valence electrons. The largest absolute Gasteiger partial charge is 0.416 e. The van der Waals surface area contributed by atoms with Crippen LogP contribution in [0.4, 0.5) is 13.2 Å². The Morgan fingerprint density at radius 1 is 0.905 bits per heavy atom. The number of hydrogen-bond donors (Lipinski definition) is 2. The molecule has 2 N–H and O–H groups in total. The number of alkyl halides is 3. The SMILES string of the molecule is OCC(O)(c1ccc(Br)cc1)c1cccc(C(F)(F)F)c1. The Morgan fingerprint density at radius 3 is 2.00 bits per heavy atom. The lowest BCUT2D eigenvalue weighted by Crippen LogP contribution is -2.32. The maximum atomic E-state index is 12.8. The zero-order valence-electron chi connectivity index (χ0n) is 10.7. The Balaban J connectivity index is 2.52. The summed E-state index contributed by atoms with van der Waals surface area (Å²) < 4.78 is 39.1. The van der Waals surface area contributed by atoms with E-state index < -0.39 is 23.9 Å². The van der Waals surface area contributed by atoms with Gasteiger partial charge >= 0.3 is 6.18 Å². The summed E-state index contributed by atoms with van der Waals surface area (Å²) in [6.45, 7) is -0.726. The van der Waals surface area contributed by atoms with Crippen molar-refractivity contribution in [2.45, 2.75) is 11.8 Å². The summed E-state index contributed by atoms with van der Waals surface area (Å²) in [5.74, 6) is 0. The van der Waals surface area contributed by atoms with Gasteiger partial charge < -0.3 is 10.2 Å². The quantitative estimate of drug-likeness (QED) is 0.876. The molecule has 0 aliphatic carbocycles. The second-order valence-electron chi connectivity index (χ2n) is 4.60. The normalized spacial score (nSPS) is 14.8. The summed E-state index contributed by atoms with van der Waals surface area (Å²) >= 11 is 3.24. The molecule has 0 bridgehead atoms. The van der Waals surface area contributed by atoms with Crippen LogP contribution >= 0.6 is 15.9 Å². The average molecular weight is 361 g/mol. The van der Waals surface area contributed by atoms with Crippen molar-refractivity contribution in [2.24, 2.45) is 0 Å². The summed E-state index contributed by atoms with van der Waals surface area (Å²) in [5, 5.41) is 20.1. The highest BCUT2D eigenvalue weighted by Crippen LogP contribution is 2.35. The molecule has 21 heavy (non-hydrogen) atoms. The van der Waals surface area contributed by atoms with Crippen molar-refractivity contribution in [1.29, 1.82) is 0 Å². The fourth-order valence-corrected chi connectivity index (χ4v) is 2.29. The van der Waals surface area contributed by atoms with Crippen LogP contribution in [0, 0.1) is 0 Å². The molecule has 2 rings (SSSR count). The number of rotatable bonds is 3. The first-order chi connectivity index (χ1) is 9.77. The van der Waals surface area contributed by atoms with Crippen molar-refractivity contribution < 1.29 is 23.4 Å². The molecular formula is C15H12BrF3O2. The number of halogens is 4. The van der Waals surface area contributed by atoms with E-state index in [-0.39, 0.29) is 5.56 Å². The van der Waals surface area contributed by atoms with E-state index in [2.05, 4.69) is 15.9 Å². The minimum Gasteiger partial charge on any atom is -0.393 e. The third-order valence-electron chi connectivity index (χ3n) is 3.22. The van der Waals surface area contributed by atoms with Crippen LogP contribution in [0.3, 0.4) is 0 Å². The van der Waals surface area contributed by atoms with Crippen LogP contribution in [0.5, 0.6) is 0 Å². The minimum atomic E-state index is -4.51. The monoisotopic (exact) mass is 360 g/mol. The Kier molecular flexibility index (Phi) is 4.41. The molecule has 0 saturated heterocycles. The molecule has 1 atom stereocenters. The van der Waals surface area contributed by atoms with Crippen molar-refractivity contribution in [3.8, 4) is 0 Å². The first-order valence-electron chi connectivity index (χ1n) is 6.04. The maximum absolute atomic E-state index is 12.8. The van der Waals surface area contributed by atoms with Gasteiger partial charge in [-0.2, -0.15) is 13.2 Å². The molecule has 0 amide bonds. The molecule has 1 unspecified atom stereocenters. The highest BCUT2D eigenvalue weighted by Gasteiger charge is 2.35. The predicted molar refractivity (Wildman–Crippen MR) is 75.7 cm³/mol. The molecule has 0 fully saturated rings. The summed E-state index contributed by atoms with van der Waals surface area (Å²) in [6, 6.07) is 10.7. The average Bonchev–Trinajstić information content (AvgIpc) is 2.46. The van der Waals surface area contributed by atoms with Crippen molar-refractivity contribution >= 4 is 15.9 Å². The summed E-state index contributed by atoms with van der Waals surface area (Å²) in [5.41, 5.74) is -2.46. The molecule has 0 spiro atoms. The van der Waals surface area contributed by atoms with Gasteiger partial charge in [0.25, 0.3) is 0 Å². The molecule has 0 aliphatic heterocycles. The van der Waals surface area contributed by atoms with Crippen molar-refractivity contribution in [2.75, 3.05) is 6.61 Å². The van der Waals surface area contributed by atoms with Crippen LogP contribution in [0.2, 0.25) is 0 Å². The van der Waals surface area contributed by atoms with E-state index in [1.165, 1.54) is 12.1 Å². The molecule has 6 heteroatoms. The van der Waals surface area contributed by atoms with Gasteiger partial charge in [0.15, 0.2) is 0 Å². The van der Waals surface area contributed by atoms with Gasteiger partial charge in [-0.15, -0.1) is 0 Å². The Hall–Kier alpha value is -1.37. The number of hydrogen-bond acceptors (Lipinski definition) is 2. The zero-order valence-corrected chi connectivity index (χ0v) is 12.3. The van der Waals surface area contributed by atoms with Crippen LogP contribution in [0.15, 0.2) is 53.0 Å². The summed E-state index contributed by atoms with van der Waals surface area (Å²) in [6.07, 6.45) is -4.51. The van der Waals surface area contributed by atoms with Gasteiger partial charge in [-0.25, -0.2) is 0 Å². The molecule has 0 radical (unpaired) electrons. The third kappa shape index (κ3) is 3.28. The lowest BCUT2D eigenvalue weighted by atomic mass is 9.86. The van der Waals surface area contributed by atoms with E-state index in [4.69, 9.17) is 0 Å². The summed E-state index contributed by atoms with van der Waals surface area (Å²) in [4.78, 5) is 0. The number of aliphatic hydroxyl groups is 2. The Labute approximate surface area is 128 Å². The molecule has 2 nitrogen and oxygen atoms in total. The highest BCUT2D eigenvalue weighted by molar-refractivity contribution is 9.10. The van der Waals surface area contributed by atoms with E-state index in [0.29, 0.717) is 5.56 Å². The molecule has 0 heterocycles. The topological polar surface area (TPSA) is 40.5 Å². The van der Waals surface area contributed by atoms with Gasteiger partial charge in [-0.3, -0.25) is 0 Å². The fraction of sp³-hybridized carbons (Fsp3) is 0.200. The van der Waals surface area contributed by atoms with Gasteiger partial charge in [0.05, 0.1) is 12.2 Å². The van der Waals surface area contributed by atoms with Gasteiger partial charge in [-0.05, 0) is 35.4 Å². The second-order valence-corrected chi connectivity index (χ2v) is 5.52. The van der Waals surface area contributed by atoms with E-state index in [0.717, 1.165) is 16.6 Å². The molecule has 0 saturated carbocycles. The van der Waals surface area contributed by atoms with Crippen molar-refractivity contribution in [3.63, 3.8) is 0 Å². The van der Waals surface area contributed by atoms with Crippen LogP contribution in [0.1, 0.15) is 16.7 Å². The van der Waals surface area contributed by atoms with Gasteiger partial charge in [-0.1, -0.05) is 40.2 Å². The van der Waals surface area contributed by atoms with Gasteiger partial charge in [0.2, 0.25) is 0 Å². The van der Waals surface area contributed by atoms with Crippen molar-refractivity contribution in [1.82, 2.24) is 0 Å². The first-order valence-corrected chi connectivity index (χ1v) is 6.84. The fourth-order valence-electron chi connectivity index (χ4n) is 2.03. The summed E-state index contributed by atoms with van der Waals surface area (Å²) in [7, 11) is 0. The Morgan fingerprint density at radius 2 is 1.48 bits per heavy atom. The zero-order chi connectivity index (χ0) is 15.7.